The molecular weight excluding hydrogens is 482 g/mol. The Morgan fingerprint density at radius 1 is 1.06 bits per heavy atom. The summed E-state index contributed by atoms with van der Waals surface area (Å²) in [4.78, 5) is 12.6. The quantitative estimate of drug-likeness (QED) is 0.348. The van der Waals surface area contributed by atoms with Crippen LogP contribution in [0.3, 0.4) is 0 Å². The van der Waals surface area contributed by atoms with Crippen LogP contribution < -0.4 is 10.1 Å². The van der Waals surface area contributed by atoms with Gasteiger partial charge in [-0.25, -0.2) is 4.68 Å². The summed E-state index contributed by atoms with van der Waals surface area (Å²) in [7, 11) is 0. The zero-order chi connectivity index (χ0) is 23.4. The maximum absolute atomic E-state index is 12.6. The first-order chi connectivity index (χ1) is 15.9. The first-order valence-electron chi connectivity index (χ1n) is 10.8. The minimum atomic E-state index is -0.189. The van der Waals surface area contributed by atoms with Crippen LogP contribution in [0.2, 0.25) is 0 Å². The number of anilines is 1. The SMILES string of the molecule is CCc1ccc(OCn2cc(NC(=O)c3ccc(Cn4nc(C)c(Br)c4C)cc3)cn2)cc1. The third kappa shape index (κ3) is 5.51. The van der Waals surface area contributed by atoms with Crippen LogP contribution in [0, 0.1) is 13.8 Å². The number of aromatic nitrogens is 4. The number of carbonyl (C=O) groups excluding carboxylic acids is 1. The summed E-state index contributed by atoms with van der Waals surface area (Å²) in [6.07, 6.45) is 4.34. The van der Waals surface area contributed by atoms with Gasteiger partial charge in [-0.3, -0.25) is 9.48 Å². The fourth-order valence-electron chi connectivity index (χ4n) is 3.43. The molecule has 0 aliphatic rings. The Kier molecular flexibility index (Phi) is 6.93. The maximum Gasteiger partial charge on any atom is 0.255 e. The fourth-order valence-corrected chi connectivity index (χ4v) is 3.71. The van der Waals surface area contributed by atoms with Crippen molar-refractivity contribution in [3.05, 3.63) is 93.5 Å². The lowest BCUT2D eigenvalue weighted by atomic mass is 10.1. The van der Waals surface area contributed by atoms with E-state index in [-0.39, 0.29) is 12.6 Å². The van der Waals surface area contributed by atoms with E-state index in [4.69, 9.17) is 4.74 Å². The number of aryl methyl sites for hydroxylation is 2. The highest BCUT2D eigenvalue weighted by Gasteiger charge is 2.11. The zero-order valence-electron chi connectivity index (χ0n) is 18.9. The van der Waals surface area contributed by atoms with Crippen LogP contribution in [-0.2, 0) is 19.7 Å². The maximum atomic E-state index is 12.6. The zero-order valence-corrected chi connectivity index (χ0v) is 20.5. The van der Waals surface area contributed by atoms with Gasteiger partial charge >= 0.3 is 0 Å². The van der Waals surface area contributed by atoms with Gasteiger partial charge in [0.1, 0.15) is 5.75 Å². The monoisotopic (exact) mass is 507 g/mol. The molecule has 8 heteroatoms. The number of rotatable bonds is 8. The van der Waals surface area contributed by atoms with Gasteiger partial charge in [0.15, 0.2) is 6.73 Å². The molecule has 2 aromatic heterocycles. The minimum absolute atomic E-state index is 0.189. The van der Waals surface area contributed by atoms with Gasteiger partial charge in [0.2, 0.25) is 0 Å². The molecule has 33 heavy (non-hydrogen) atoms. The van der Waals surface area contributed by atoms with Crippen molar-refractivity contribution in [2.45, 2.75) is 40.5 Å². The summed E-state index contributed by atoms with van der Waals surface area (Å²) in [5, 5.41) is 11.7. The molecule has 0 spiro atoms. The van der Waals surface area contributed by atoms with Gasteiger partial charge in [-0.05, 0) is 71.6 Å². The predicted octanol–water partition coefficient (Wildman–Crippen LogP) is 5.36. The minimum Gasteiger partial charge on any atom is -0.471 e. The summed E-state index contributed by atoms with van der Waals surface area (Å²) in [6, 6.07) is 15.5. The molecule has 1 amide bonds. The molecule has 0 unspecified atom stereocenters. The van der Waals surface area contributed by atoms with E-state index in [0.29, 0.717) is 17.8 Å². The van der Waals surface area contributed by atoms with Crippen molar-refractivity contribution >= 4 is 27.5 Å². The molecule has 2 heterocycles. The van der Waals surface area contributed by atoms with Crippen molar-refractivity contribution in [1.82, 2.24) is 19.6 Å². The lowest BCUT2D eigenvalue weighted by Gasteiger charge is -2.07. The van der Waals surface area contributed by atoms with Gasteiger partial charge in [-0.1, -0.05) is 31.2 Å². The highest BCUT2D eigenvalue weighted by molar-refractivity contribution is 9.10. The van der Waals surface area contributed by atoms with Crippen molar-refractivity contribution < 1.29 is 9.53 Å². The number of benzene rings is 2. The number of carbonyl (C=O) groups is 1. The van der Waals surface area contributed by atoms with Crippen LogP contribution in [0.5, 0.6) is 5.75 Å². The lowest BCUT2D eigenvalue weighted by Crippen LogP contribution is -2.12. The first-order valence-corrected chi connectivity index (χ1v) is 11.6. The summed E-state index contributed by atoms with van der Waals surface area (Å²) in [5.74, 6) is 0.590. The number of hydrogen-bond donors (Lipinski definition) is 1. The fraction of sp³-hybridized carbons (Fsp3) is 0.240. The second-order valence-corrected chi connectivity index (χ2v) is 8.63. The molecule has 0 aliphatic heterocycles. The van der Waals surface area contributed by atoms with E-state index < -0.39 is 0 Å². The van der Waals surface area contributed by atoms with Crippen LogP contribution in [-0.4, -0.2) is 25.5 Å². The Balaban J connectivity index is 1.32. The second-order valence-electron chi connectivity index (χ2n) is 7.83. The first kappa shape index (κ1) is 22.8. The standard InChI is InChI=1S/C25H26BrN5O2/c1-4-19-7-11-23(12-8-19)33-16-30-15-22(13-27-30)28-25(32)21-9-5-20(6-10-21)14-31-18(3)24(26)17(2)29-31/h5-13,15H,4,14,16H2,1-3H3,(H,28,32). The molecule has 4 aromatic rings. The summed E-state index contributed by atoms with van der Waals surface area (Å²) < 4.78 is 10.4. The molecule has 7 nitrogen and oxygen atoms in total. The average molecular weight is 508 g/mol. The van der Waals surface area contributed by atoms with Crippen molar-refractivity contribution in [3.63, 3.8) is 0 Å². The van der Waals surface area contributed by atoms with Crippen molar-refractivity contribution in [2.24, 2.45) is 0 Å². The Morgan fingerprint density at radius 3 is 2.39 bits per heavy atom. The number of hydrogen-bond acceptors (Lipinski definition) is 4. The number of nitrogens with one attached hydrogen (secondary N) is 1. The Bertz CT molecular complexity index is 1240. The highest BCUT2D eigenvalue weighted by atomic mass is 79.9. The molecule has 0 aliphatic carbocycles. The third-order valence-electron chi connectivity index (χ3n) is 5.43. The Morgan fingerprint density at radius 2 is 1.76 bits per heavy atom. The predicted molar refractivity (Wildman–Crippen MR) is 132 cm³/mol. The van der Waals surface area contributed by atoms with E-state index in [1.807, 2.05) is 67.1 Å². The molecule has 0 saturated carbocycles. The van der Waals surface area contributed by atoms with E-state index in [1.54, 1.807) is 17.1 Å². The van der Waals surface area contributed by atoms with Gasteiger partial charge in [-0.15, -0.1) is 0 Å². The lowest BCUT2D eigenvalue weighted by molar-refractivity contribution is 0.102. The normalized spacial score (nSPS) is 10.9. The summed E-state index contributed by atoms with van der Waals surface area (Å²) in [6.45, 7) is 7.02. The molecule has 0 saturated heterocycles. The topological polar surface area (TPSA) is 74.0 Å². The highest BCUT2D eigenvalue weighted by Crippen LogP contribution is 2.21. The molecule has 0 radical (unpaired) electrons. The molecule has 0 atom stereocenters. The Labute approximate surface area is 201 Å². The molecular formula is C25H26BrN5O2. The van der Waals surface area contributed by atoms with Crippen LogP contribution in [0.1, 0.15) is 39.8 Å². The summed E-state index contributed by atoms with van der Waals surface area (Å²) in [5.41, 5.74) is 5.56. The van der Waals surface area contributed by atoms with Gasteiger partial charge < -0.3 is 10.1 Å². The van der Waals surface area contributed by atoms with Gasteiger partial charge in [0, 0.05) is 5.56 Å². The third-order valence-corrected chi connectivity index (χ3v) is 6.58. The van der Waals surface area contributed by atoms with Gasteiger partial charge in [-0.2, -0.15) is 10.2 Å². The molecule has 4 rings (SSSR count). The number of nitrogens with zero attached hydrogens (tertiary/aromatic N) is 4. The molecule has 1 N–H and O–H groups in total. The average Bonchev–Trinajstić information content (AvgIpc) is 3.38. The molecule has 0 fully saturated rings. The smallest absolute Gasteiger partial charge is 0.255 e. The van der Waals surface area contributed by atoms with Crippen molar-refractivity contribution in [3.8, 4) is 5.75 Å². The van der Waals surface area contributed by atoms with E-state index in [1.165, 1.54) is 5.56 Å². The number of amides is 1. The second kappa shape index (κ2) is 10.0. The molecule has 2 aromatic carbocycles. The van der Waals surface area contributed by atoms with E-state index in [0.717, 1.165) is 33.6 Å². The van der Waals surface area contributed by atoms with E-state index in [9.17, 15) is 4.79 Å². The largest absolute Gasteiger partial charge is 0.471 e. The molecule has 170 valence electrons. The van der Waals surface area contributed by atoms with Gasteiger partial charge in [0.05, 0.1) is 40.5 Å². The van der Waals surface area contributed by atoms with E-state index >= 15 is 0 Å². The van der Waals surface area contributed by atoms with Crippen molar-refractivity contribution in [2.75, 3.05) is 5.32 Å². The number of halogens is 1. The van der Waals surface area contributed by atoms with Crippen LogP contribution in [0.15, 0.2) is 65.4 Å². The van der Waals surface area contributed by atoms with E-state index in [2.05, 4.69) is 38.4 Å². The van der Waals surface area contributed by atoms with Crippen LogP contribution in [0.25, 0.3) is 0 Å². The number of ether oxygens (including phenoxy) is 1. The Hall–Kier alpha value is -3.39. The van der Waals surface area contributed by atoms with Gasteiger partial charge in [0.25, 0.3) is 5.91 Å². The van der Waals surface area contributed by atoms with Crippen LogP contribution in [0.4, 0.5) is 5.69 Å². The summed E-state index contributed by atoms with van der Waals surface area (Å²) >= 11 is 3.55. The van der Waals surface area contributed by atoms with Crippen LogP contribution >= 0.6 is 15.9 Å². The van der Waals surface area contributed by atoms with Crippen molar-refractivity contribution in [1.29, 1.82) is 0 Å². The molecule has 0 bridgehead atoms.